The van der Waals surface area contributed by atoms with Crippen molar-refractivity contribution in [2.24, 2.45) is 0 Å². The summed E-state index contributed by atoms with van der Waals surface area (Å²) in [6.07, 6.45) is 0.912. The Labute approximate surface area is 112 Å². The lowest BCUT2D eigenvalue weighted by Gasteiger charge is -2.17. The molecule has 0 N–H and O–H groups in total. The highest BCUT2D eigenvalue weighted by atomic mass is 16.5. The third-order valence-corrected chi connectivity index (χ3v) is 3.08. The average Bonchev–Trinajstić information content (AvgIpc) is 2.49. The zero-order valence-electron chi connectivity index (χ0n) is 11.0. The van der Waals surface area contributed by atoms with E-state index in [9.17, 15) is 4.79 Å². The summed E-state index contributed by atoms with van der Waals surface area (Å²) in [7, 11) is 3.20. The number of carbonyl (C=O) groups excluding carboxylic acids is 1. The first-order valence-electron chi connectivity index (χ1n) is 6.03. The van der Waals surface area contributed by atoms with Gasteiger partial charge in [0.1, 0.15) is 17.8 Å². The molecule has 0 bridgehead atoms. The van der Waals surface area contributed by atoms with Gasteiger partial charge in [0.05, 0.1) is 20.1 Å². The molecule has 0 spiro atoms. The van der Waals surface area contributed by atoms with E-state index < -0.39 is 5.92 Å². The van der Waals surface area contributed by atoms with Crippen molar-refractivity contribution in [3.8, 4) is 11.5 Å². The lowest BCUT2D eigenvalue weighted by molar-refractivity contribution is -0.108. The van der Waals surface area contributed by atoms with Gasteiger partial charge in [-0.1, -0.05) is 36.4 Å². The second-order valence-electron chi connectivity index (χ2n) is 4.10. The Hall–Kier alpha value is -2.29. The van der Waals surface area contributed by atoms with Crippen LogP contribution in [0.25, 0.3) is 0 Å². The first kappa shape index (κ1) is 13.1. The highest BCUT2D eigenvalue weighted by Crippen LogP contribution is 2.34. The van der Waals surface area contributed by atoms with Gasteiger partial charge in [0.25, 0.3) is 0 Å². The van der Waals surface area contributed by atoms with Crippen molar-refractivity contribution in [3.63, 3.8) is 0 Å². The van der Waals surface area contributed by atoms with Crippen LogP contribution in [0.5, 0.6) is 11.5 Å². The molecule has 0 aliphatic heterocycles. The number of benzene rings is 2. The summed E-state index contributed by atoms with van der Waals surface area (Å²) in [6.45, 7) is 0. The van der Waals surface area contributed by atoms with E-state index in [4.69, 9.17) is 9.47 Å². The fraction of sp³-hybridized carbons (Fsp3) is 0.188. The standard InChI is InChI=1S/C16H16O3/c1-18-15-9-5-3-7-12(15)14(11-17)13-8-4-6-10-16(13)19-2/h3-11,14H,1-2H3. The molecule has 2 rings (SSSR count). The van der Waals surface area contributed by atoms with Crippen molar-refractivity contribution in [1.82, 2.24) is 0 Å². The quantitative estimate of drug-likeness (QED) is 0.771. The lowest BCUT2D eigenvalue weighted by Crippen LogP contribution is -2.06. The number of ether oxygens (including phenoxy) is 2. The summed E-state index contributed by atoms with van der Waals surface area (Å²) >= 11 is 0. The van der Waals surface area contributed by atoms with Gasteiger partial charge >= 0.3 is 0 Å². The molecule has 98 valence electrons. The van der Waals surface area contributed by atoms with Gasteiger partial charge in [-0.05, 0) is 12.1 Å². The summed E-state index contributed by atoms with van der Waals surface area (Å²) < 4.78 is 10.6. The van der Waals surface area contributed by atoms with Crippen molar-refractivity contribution >= 4 is 6.29 Å². The Bertz CT molecular complexity index is 516. The van der Waals surface area contributed by atoms with Gasteiger partial charge in [0, 0.05) is 11.1 Å². The summed E-state index contributed by atoms with van der Waals surface area (Å²) in [5, 5.41) is 0. The molecule has 2 aromatic rings. The molecule has 3 nitrogen and oxygen atoms in total. The minimum atomic E-state index is -0.396. The van der Waals surface area contributed by atoms with Crippen LogP contribution < -0.4 is 9.47 Å². The van der Waals surface area contributed by atoms with Crippen LogP contribution in [0.4, 0.5) is 0 Å². The van der Waals surface area contributed by atoms with Gasteiger partial charge in [-0.3, -0.25) is 0 Å². The van der Waals surface area contributed by atoms with Gasteiger partial charge in [-0.25, -0.2) is 0 Å². The van der Waals surface area contributed by atoms with Crippen LogP contribution >= 0.6 is 0 Å². The highest BCUT2D eigenvalue weighted by Gasteiger charge is 2.20. The van der Waals surface area contributed by atoms with E-state index in [-0.39, 0.29) is 0 Å². The van der Waals surface area contributed by atoms with Crippen LogP contribution in [0.1, 0.15) is 17.0 Å². The predicted octanol–water partition coefficient (Wildman–Crippen LogP) is 3.03. The third kappa shape index (κ3) is 2.60. The summed E-state index contributed by atoms with van der Waals surface area (Å²) in [5.41, 5.74) is 1.68. The maximum atomic E-state index is 11.5. The molecular weight excluding hydrogens is 240 g/mol. The maximum absolute atomic E-state index is 11.5. The number of methoxy groups -OCH3 is 2. The first-order chi connectivity index (χ1) is 9.31. The number of aldehydes is 1. The van der Waals surface area contributed by atoms with Gasteiger partial charge in [0.15, 0.2) is 0 Å². The molecule has 3 heteroatoms. The molecular formula is C16H16O3. The monoisotopic (exact) mass is 256 g/mol. The van der Waals surface area contributed by atoms with Crippen LogP contribution in [0.15, 0.2) is 48.5 Å². The van der Waals surface area contributed by atoms with Gasteiger partial charge in [-0.15, -0.1) is 0 Å². The van der Waals surface area contributed by atoms with Gasteiger partial charge in [-0.2, -0.15) is 0 Å². The van der Waals surface area contributed by atoms with Crippen LogP contribution in [-0.4, -0.2) is 20.5 Å². The average molecular weight is 256 g/mol. The molecule has 0 amide bonds. The third-order valence-electron chi connectivity index (χ3n) is 3.08. The Morgan fingerprint density at radius 3 is 1.63 bits per heavy atom. The van der Waals surface area contributed by atoms with Crippen LogP contribution in [0.2, 0.25) is 0 Å². The van der Waals surface area contributed by atoms with E-state index in [0.717, 1.165) is 17.4 Å². The molecule has 0 fully saturated rings. The lowest BCUT2D eigenvalue weighted by atomic mass is 9.91. The van der Waals surface area contributed by atoms with E-state index in [0.29, 0.717) is 11.5 Å². The summed E-state index contributed by atoms with van der Waals surface area (Å²) in [6, 6.07) is 15.0. The summed E-state index contributed by atoms with van der Waals surface area (Å²) in [4.78, 5) is 11.5. The minimum absolute atomic E-state index is 0.396. The Kier molecular flexibility index (Phi) is 4.18. The molecule has 0 saturated carbocycles. The zero-order chi connectivity index (χ0) is 13.7. The van der Waals surface area contributed by atoms with Gasteiger partial charge in [0.2, 0.25) is 0 Å². The van der Waals surface area contributed by atoms with Crippen LogP contribution in [0.3, 0.4) is 0 Å². The molecule has 0 unspecified atom stereocenters. The molecule has 0 atom stereocenters. The largest absolute Gasteiger partial charge is 0.496 e. The molecule has 0 saturated heterocycles. The predicted molar refractivity (Wildman–Crippen MR) is 73.9 cm³/mol. The second kappa shape index (κ2) is 6.05. The highest BCUT2D eigenvalue weighted by molar-refractivity contribution is 5.72. The number of rotatable bonds is 5. The first-order valence-corrected chi connectivity index (χ1v) is 6.03. The number of para-hydroxylation sites is 2. The van der Waals surface area contributed by atoms with Crippen LogP contribution in [-0.2, 0) is 4.79 Å². The van der Waals surface area contributed by atoms with Crippen molar-refractivity contribution in [2.45, 2.75) is 5.92 Å². The van der Waals surface area contributed by atoms with Crippen LogP contribution in [0, 0.1) is 0 Å². The topological polar surface area (TPSA) is 35.5 Å². The number of hydrogen-bond acceptors (Lipinski definition) is 3. The van der Waals surface area contributed by atoms with Crippen molar-refractivity contribution < 1.29 is 14.3 Å². The molecule has 19 heavy (non-hydrogen) atoms. The van der Waals surface area contributed by atoms with Crippen molar-refractivity contribution in [3.05, 3.63) is 59.7 Å². The second-order valence-corrected chi connectivity index (χ2v) is 4.10. The van der Waals surface area contributed by atoms with E-state index in [1.807, 2.05) is 48.5 Å². The van der Waals surface area contributed by atoms with Crippen molar-refractivity contribution in [1.29, 1.82) is 0 Å². The maximum Gasteiger partial charge on any atom is 0.132 e. The number of carbonyl (C=O) groups is 1. The molecule has 0 heterocycles. The van der Waals surface area contributed by atoms with Crippen molar-refractivity contribution in [2.75, 3.05) is 14.2 Å². The summed E-state index contributed by atoms with van der Waals surface area (Å²) in [5.74, 6) is 1.00. The van der Waals surface area contributed by atoms with E-state index in [1.54, 1.807) is 14.2 Å². The number of hydrogen-bond donors (Lipinski definition) is 0. The fourth-order valence-electron chi connectivity index (χ4n) is 2.16. The Morgan fingerprint density at radius 1 is 0.842 bits per heavy atom. The van der Waals surface area contributed by atoms with Gasteiger partial charge < -0.3 is 14.3 Å². The molecule has 0 aromatic heterocycles. The SMILES string of the molecule is COc1ccccc1C(C=O)c1ccccc1OC. The Balaban J connectivity index is 2.53. The molecule has 0 aliphatic rings. The molecule has 0 radical (unpaired) electrons. The smallest absolute Gasteiger partial charge is 0.132 e. The molecule has 2 aromatic carbocycles. The van der Waals surface area contributed by atoms with E-state index >= 15 is 0 Å². The Morgan fingerprint density at radius 2 is 1.26 bits per heavy atom. The minimum Gasteiger partial charge on any atom is -0.496 e. The van der Waals surface area contributed by atoms with E-state index in [1.165, 1.54) is 0 Å². The normalized spacial score (nSPS) is 10.3. The fourth-order valence-corrected chi connectivity index (χ4v) is 2.16. The van der Waals surface area contributed by atoms with E-state index in [2.05, 4.69) is 0 Å². The molecule has 0 aliphatic carbocycles. The zero-order valence-corrected chi connectivity index (χ0v) is 11.0.